The smallest absolute Gasteiger partial charge is 0.325 e. The molecule has 5 nitrogen and oxygen atoms in total. The molecule has 0 aromatic heterocycles. The third kappa shape index (κ3) is 6.93. The van der Waals surface area contributed by atoms with E-state index >= 15 is 0 Å². The number of benzene rings is 1. The Labute approximate surface area is 138 Å². The highest BCUT2D eigenvalue weighted by Crippen LogP contribution is 2.40. The molecule has 0 aliphatic carbocycles. The summed E-state index contributed by atoms with van der Waals surface area (Å²) in [6.07, 6.45) is -0.421. The second-order valence-corrected chi connectivity index (χ2v) is 7.57. The molecule has 0 heterocycles. The number of hydrogen-bond donors (Lipinski definition) is 1. The van der Waals surface area contributed by atoms with Crippen molar-refractivity contribution in [2.45, 2.75) is 45.4 Å². The Morgan fingerprint density at radius 2 is 1.86 bits per heavy atom. The predicted molar refractivity (Wildman–Crippen MR) is 89.1 cm³/mol. The zero-order chi connectivity index (χ0) is 16.8. The highest BCUT2D eigenvalue weighted by molar-refractivity contribution is 7.78. The van der Waals surface area contributed by atoms with E-state index in [4.69, 9.17) is 25.2 Å². The molecule has 0 fully saturated rings. The molecule has 0 aliphatic rings. The summed E-state index contributed by atoms with van der Waals surface area (Å²) in [5.74, 6) is 0.186. The summed E-state index contributed by atoms with van der Waals surface area (Å²) in [5.41, 5.74) is -0.386. The molecule has 1 aromatic carbocycles. The molecule has 3 atom stereocenters. The minimum absolute atomic E-state index is 0.386. The Balaban J connectivity index is 2.70. The van der Waals surface area contributed by atoms with E-state index in [1.54, 1.807) is 19.1 Å². The third-order valence-corrected chi connectivity index (χ3v) is 3.99. The molecule has 1 rings (SSSR count). The average Bonchev–Trinajstić information content (AvgIpc) is 2.43. The summed E-state index contributed by atoms with van der Waals surface area (Å²) in [5, 5.41) is 2.95. The Morgan fingerprint density at radius 1 is 1.27 bits per heavy atom. The molecule has 124 valence electrons. The van der Waals surface area contributed by atoms with Gasteiger partial charge < -0.3 is 14.0 Å². The van der Waals surface area contributed by atoms with Crippen LogP contribution in [0.15, 0.2) is 30.3 Å². The van der Waals surface area contributed by atoms with Crippen molar-refractivity contribution in [1.82, 2.24) is 5.09 Å². The van der Waals surface area contributed by atoms with Crippen LogP contribution in [0.25, 0.3) is 0 Å². The molecule has 0 saturated heterocycles. The van der Waals surface area contributed by atoms with E-state index in [1.165, 1.54) is 7.11 Å². The van der Waals surface area contributed by atoms with Crippen LogP contribution in [-0.2, 0) is 14.3 Å². The van der Waals surface area contributed by atoms with Crippen molar-refractivity contribution in [2.75, 3.05) is 7.11 Å². The molecule has 0 bridgehead atoms. The minimum atomic E-state index is -1.57. The van der Waals surface area contributed by atoms with E-state index in [0.717, 1.165) is 0 Å². The zero-order valence-electron chi connectivity index (χ0n) is 13.5. The fourth-order valence-corrected chi connectivity index (χ4v) is 3.26. The number of rotatable bonds is 7. The molecule has 0 aliphatic heterocycles. The molecular formula is C15H23ClNO4P. The number of ether oxygens (including phenoxy) is 2. The average molecular weight is 348 g/mol. The van der Waals surface area contributed by atoms with Crippen LogP contribution in [0.2, 0.25) is 0 Å². The van der Waals surface area contributed by atoms with Crippen LogP contribution in [0.4, 0.5) is 0 Å². The van der Waals surface area contributed by atoms with Gasteiger partial charge in [-0.3, -0.25) is 4.79 Å². The standard InChI is InChI=1S/C15H23ClNO4P/c1-11(20-15(2,3)4)13(14(18)19-5)17-22(16)21-12-9-7-6-8-10-12/h6-11,13,17H,1-5H3. The van der Waals surface area contributed by atoms with Crippen LogP contribution in [0.5, 0.6) is 5.75 Å². The van der Waals surface area contributed by atoms with Gasteiger partial charge >= 0.3 is 5.97 Å². The first-order valence-corrected chi connectivity index (χ1v) is 9.10. The predicted octanol–water partition coefficient (Wildman–Crippen LogP) is 3.87. The first-order chi connectivity index (χ1) is 10.2. The minimum Gasteiger partial charge on any atom is -0.468 e. The van der Waals surface area contributed by atoms with Gasteiger partial charge in [-0.05, 0) is 51.1 Å². The molecule has 0 amide bonds. The number of hydrogen-bond acceptors (Lipinski definition) is 5. The number of nitrogens with one attached hydrogen (secondary N) is 1. The molecule has 22 heavy (non-hydrogen) atoms. The molecule has 1 N–H and O–H groups in total. The maximum atomic E-state index is 12.0. The molecule has 1 aromatic rings. The number of halogens is 1. The van der Waals surface area contributed by atoms with Gasteiger partial charge in [0.1, 0.15) is 11.8 Å². The molecule has 3 unspecified atom stereocenters. The lowest BCUT2D eigenvalue weighted by molar-refractivity contribution is -0.149. The highest BCUT2D eigenvalue weighted by Gasteiger charge is 2.32. The van der Waals surface area contributed by atoms with Crippen molar-refractivity contribution >= 4 is 24.9 Å². The van der Waals surface area contributed by atoms with Crippen molar-refractivity contribution in [2.24, 2.45) is 0 Å². The Bertz CT molecular complexity index is 466. The second kappa shape index (κ2) is 8.68. The first kappa shape index (κ1) is 19.2. The van der Waals surface area contributed by atoms with Gasteiger partial charge in [-0.1, -0.05) is 18.2 Å². The monoisotopic (exact) mass is 347 g/mol. The van der Waals surface area contributed by atoms with Gasteiger partial charge in [0.05, 0.1) is 18.8 Å². The molecule has 0 radical (unpaired) electrons. The second-order valence-electron chi connectivity index (χ2n) is 5.71. The van der Waals surface area contributed by atoms with Crippen LogP contribution in [0.3, 0.4) is 0 Å². The van der Waals surface area contributed by atoms with E-state index in [9.17, 15) is 4.79 Å². The summed E-state index contributed by atoms with van der Waals surface area (Å²) in [7, 11) is -0.238. The van der Waals surface area contributed by atoms with Gasteiger partial charge in [-0.15, -0.1) is 0 Å². The van der Waals surface area contributed by atoms with E-state index in [2.05, 4.69) is 5.09 Å². The lowest BCUT2D eigenvalue weighted by atomic mass is 10.1. The van der Waals surface area contributed by atoms with Gasteiger partial charge in [0.2, 0.25) is 0 Å². The van der Waals surface area contributed by atoms with Gasteiger partial charge in [0.25, 0.3) is 7.65 Å². The highest BCUT2D eigenvalue weighted by atomic mass is 35.7. The maximum absolute atomic E-state index is 12.0. The summed E-state index contributed by atoms with van der Waals surface area (Å²) in [6.45, 7) is 7.55. The van der Waals surface area contributed by atoms with Crippen molar-refractivity contribution in [3.05, 3.63) is 30.3 Å². The third-order valence-electron chi connectivity index (χ3n) is 2.63. The fraction of sp³-hybridized carbons (Fsp3) is 0.533. The van der Waals surface area contributed by atoms with E-state index in [-0.39, 0.29) is 5.60 Å². The number of esters is 1. The van der Waals surface area contributed by atoms with Crippen molar-refractivity contribution in [1.29, 1.82) is 0 Å². The molecule has 0 spiro atoms. The Hall–Kier alpha value is -0.870. The van der Waals surface area contributed by atoms with Gasteiger partial charge in [0.15, 0.2) is 0 Å². The fourth-order valence-electron chi connectivity index (χ4n) is 1.81. The number of carbonyl (C=O) groups is 1. The van der Waals surface area contributed by atoms with E-state index in [0.29, 0.717) is 5.75 Å². The number of methoxy groups -OCH3 is 1. The Kier molecular flexibility index (Phi) is 7.57. The Morgan fingerprint density at radius 3 is 2.36 bits per heavy atom. The van der Waals surface area contributed by atoms with Crippen LogP contribution in [0, 0.1) is 0 Å². The quantitative estimate of drug-likeness (QED) is 0.599. The SMILES string of the molecule is COC(=O)C(NP(Cl)Oc1ccccc1)C(C)OC(C)(C)C. The first-order valence-electron chi connectivity index (χ1n) is 6.93. The summed E-state index contributed by atoms with van der Waals surface area (Å²) in [6, 6.07) is 8.45. The molecule has 7 heteroatoms. The van der Waals surface area contributed by atoms with Crippen LogP contribution in [-0.4, -0.2) is 30.8 Å². The summed E-state index contributed by atoms with van der Waals surface area (Å²) < 4.78 is 16.2. The topological polar surface area (TPSA) is 56.8 Å². The van der Waals surface area contributed by atoms with Crippen molar-refractivity contribution in [3.63, 3.8) is 0 Å². The van der Waals surface area contributed by atoms with Crippen molar-refractivity contribution in [3.8, 4) is 5.75 Å². The van der Waals surface area contributed by atoms with Crippen LogP contribution >= 0.6 is 18.9 Å². The van der Waals surface area contributed by atoms with Gasteiger partial charge in [-0.2, -0.15) is 0 Å². The zero-order valence-corrected chi connectivity index (χ0v) is 15.1. The van der Waals surface area contributed by atoms with E-state index in [1.807, 2.05) is 39.0 Å². The van der Waals surface area contributed by atoms with E-state index < -0.39 is 25.8 Å². The van der Waals surface area contributed by atoms with Gasteiger partial charge in [0, 0.05) is 0 Å². The number of carbonyl (C=O) groups excluding carboxylic acids is 1. The summed E-state index contributed by atoms with van der Waals surface area (Å²) >= 11 is 6.19. The summed E-state index contributed by atoms with van der Waals surface area (Å²) in [4.78, 5) is 12.0. The van der Waals surface area contributed by atoms with Crippen LogP contribution < -0.4 is 9.61 Å². The largest absolute Gasteiger partial charge is 0.468 e. The normalized spacial score (nSPS) is 15.7. The number of para-hydroxylation sites is 1. The van der Waals surface area contributed by atoms with Crippen LogP contribution in [0.1, 0.15) is 27.7 Å². The lowest BCUT2D eigenvalue weighted by Gasteiger charge is -2.30. The van der Waals surface area contributed by atoms with Gasteiger partial charge in [-0.25, -0.2) is 5.09 Å². The maximum Gasteiger partial charge on any atom is 0.325 e. The molecular weight excluding hydrogens is 325 g/mol. The van der Waals surface area contributed by atoms with Crippen molar-refractivity contribution < 1.29 is 18.8 Å². The lowest BCUT2D eigenvalue weighted by Crippen LogP contribution is -2.46. The molecule has 0 saturated carbocycles.